The Kier molecular flexibility index (Phi) is 8.55. The van der Waals surface area contributed by atoms with Gasteiger partial charge in [-0.05, 0) is 74.2 Å². The van der Waals surface area contributed by atoms with Crippen molar-refractivity contribution in [2.24, 2.45) is 0 Å². The molecule has 3 aromatic carbocycles. The largest absolute Gasteiger partial charge is 0.444 e. The molecule has 0 aromatic heterocycles. The Hall–Kier alpha value is -3.91. The van der Waals surface area contributed by atoms with Crippen molar-refractivity contribution in [3.05, 3.63) is 77.4 Å². The summed E-state index contributed by atoms with van der Waals surface area (Å²) in [6.45, 7) is 8.25. The first-order chi connectivity index (χ1) is 17.4. The number of anilines is 1. The lowest BCUT2D eigenvalue weighted by Crippen LogP contribution is -2.52. The highest BCUT2D eigenvalue weighted by molar-refractivity contribution is 6.00. The van der Waals surface area contributed by atoms with Crippen molar-refractivity contribution in [2.75, 3.05) is 19.0 Å². The Morgan fingerprint density at radius 1 is 0.973 bits per heavy atom. The zero-order valence-electron chi connectivity index (χ0n) is 22.2. The van der Waals surface area contributed by atoms with E-state index in [1.54, 1.807) is 26.8 Å². The van der Waals surface area contributed by atoms with Gasteiger partial charge < -0.3 is 25.4 Å². The zero-order chi connectivity index (χ0) is 27.3. The third kappa shape index (κ3) is 6.86. The molecule has 0 spiro atoms. The molecule has 2 unspecified atom stereocenters. The first kappa shape index (κ1) is 27.7. The van der Waals surface area contributed by atoms with Crippen LogP contribution >= 0.6 is 0 Å². The summed E-state index contributed by atoms with van der Waals surface area (Å²) in [5.41, 5.74) is 2.28. The number of carbonyl (C=O) groups excluding carboxylic acids is 3. The molecule has 3 aromatic rings. The number of carbonyl (C=O) groups is 3. The lowest BCUT2D eigenvalue weighted by Gasteiger charge is -2.32. The summed E-state index contributed by atoms with van der Waals surface area (Å²) in [4.78, 5) is 40.7. The lowest BCUT2D eigenvalue weighted by atomic mass is 9.95. The second-order valence-corrected chi connectivity index (χ2v) is 10.1. The van der Waals surface area contributed by atoms with Gasteiger partial charge in [-0.3, -0.25) is 9.59 Å². The van der Waals surface area contributed by atoms with E-state index >= 15 is 0 Å². The number of hydrogen-bond donors (Lipinski definition) is 3. The molecule has 196 valence electrons. The van der Waals surface area contributed by atoms with Gasteiger partial charge >= 0.3 is 6.09 Å². The number of fused-ring (bicyclic) bond motifs is 1. The maximum Gasteiger partial charge on any atom is 0.408 e. The smallest absolute Gasteiger partial charge is 0.408 e. The molecule has 0 saturated carbocycles. The molecule has 0 aliphatic carbocycles. The van der Waals surface area contributed by atoms with Gasteiger partial charge in [-0.25, -0.2) is 4.79 Å². The van der Waals surface area contributed by atoms with E-state index in [2.05, 4.69) is 10.6 Å². The van der Waals surface area contributed by atoms with Crippen molar-refractivity contribution in [1.29, 1.82) is 0 Å². The Morgan fingerprint density at radius 2 is 1.65 bits per heavy atom. The van der Waals surface area contributed by atoms with Gasteiger partial charge in [0.25, 0.3) is 5.91 Å². The van der Waals surface area contributed by atoms with Crippen molar-refractivity contribution in [2.45, 2.75) is 52.3 Å². The van der Waals surface area contributed by atoms with Gasteiger partial charge in [0.2, 0.25) is 5.91 Å². The van der Waals surface area contributed by atoms with Crippen LogP contribution in [0.4, 0.5) is 10.5 Å². The number of alkyl carbamates (subject to hydrolysis) is 1. The summed E-state index contributed by atoms with van der Waals surface area (Å²) in [5.74, 6) is -1.05. The summed E-state index contributed by atoms with van der Waals surface area (Å²) in [6.07, 6.45) is -0.836. The number of nitrogens with zero attached hydrogens (tertiary/aromatic N) is 1. The molecule has 0 fully saturated rings. The molecule has 0 aliphatic heterocycles. The lowest BCUT2D eigenvalue weighted by molar-refractivity contribution is -0.139. The first-order valence-corrected chi connectivity index (χ1v) is 12.1. The molecule has 0 heterocycles. The molecular weight excluding hydrogens is 470 g/mol. The van der Waals surface area contributed by atoms with E-state index in [0.29, 0.717) is 11.3 Å². The van der Waals surface area contributed by atoms with Crippen LogP contribution in [0.1, 0.15) is 43.5 Å². The minimum atomic E-state index is -1.29. The monoisotopic (exact) mass is 505 g/mol. The minimum absolute atomic E-state index is 0.422. The molecule has 0 bridgehead atoms. The van der Waals surface area contributed by atoms with Crippen molar-refractivity contribution in [3.8, 4) is 0 Å². The third-order valence-corrected chi connectivity index (χ3v) is 6.11. The van der Waals surface area contributed by atoms with Gasteiger partial charge in [-0.1, -0.05) is 48.5 Å². The summed E-state index contributed by atoms with van der Waals surface area (Å²) in [6, 6.07) is 16.6. The fourth-order valence-corrected chi connectivity index (χ4v) is 4.08. The van der Waals surface area contributed by atoms with Gasteiger partial charge in [0.1, 0.15) is 17.7 Å². The minimum Gasteiger partial charge on any atom is -0.444 e. The number of likely N-dealkylation sites (N-methyl/N-ethyl adjacent to an activating group) is 1. The predicted octanol–water partition coefficient (Wildman–Crippen LogP) is 4.48. The van der Waals surface area contributed by atoms with Crippen LogP contribution in [0.15, 0.2) is 60.7 Å². The maximum atomic E-state index is 13.7. The van der Waals surface area contributed by atoms with E-state index in [0.717, 1.165) is 21.9 Å². The number of nitrogens with one attached hydrogen (secondary N) is 2. The van der Waals surface area contributed by atoms with Crippen LogP contribution in [0, 0.1) is 13.8 Å². The molecule has 37 heavy (non-hydrogen) atoms. The van der Waals surface area contributed by atoms with Crippen molar-refractivity contribution < 1.29 is 24.2 Å². The van der Waals surface area contributed by atoms with Crippen LogP contribution in [0.25, 0.3) is 10.8 Å². The number of amides is 3. The average Bonchev–Trinajstić information content (AvgIpc) is 2.83. The van der Waals surface area contributed by atoms with E-state index in [1.807, 2.05) is 68.4 Å². The number of rotatable bonds is 7. The Labute approximate surface area is 217 Å². The van der Waals surface area contributed by atoms with Crippen molar-refractivity contribution >= 4 is 34.4 Å². The third-order valence-electron chi connectivity index (χ3n) is 6.11. The number of aryl methyl sites for hydroxylation is 1. The maximum absolute atomic E-state index is 13.7. The summed E-state index contributed by atoms with van der Waals surface area (Å²) in [5, 5.41) is 17.3. The SMILES string of the molecule is Cc1cccc(C(C(=O)Nc2ccc3ccccc3c2)N(C)C(=O)C(CO)NC(=O)OC(C)(C)C)c1C. The van der Waals surface area contributed by atoms with E-state index in [9.17, 15) is 19.5 Å². The summed E-state index contributed by atoms with van der Waals surface area (Å²) < 4.78 is 5.23. The number of benzene rings is 3. The number of aliphatic hydroxyl groups excluding tert-OH is 1. The van der Waals surface area contributed by atoms with E-state index in [1.165, 1.54) is 11.9 Å². The molecule has 8 nitrogen and oxygen atoms in total. The van der Waals surface area contributed by atoms with Gasteiger partial charge in [0, 0.05) is 12.7 Å². The second-order valence-electron chi connectivity index (χ2n) is 10.1. The highest BCUT2D eigenvalue weighted by atomic mass is 16.6. The Bertz CT molecular complexity index is 1300. The van der Waals surface area contributed by atoms with E-state index < -0.39 is 42.2 Å². The van der Waals surface area contributed by atoms with Gasteiger partial charge in [0.05, 0.1) is 6.61 Å². The number of hydrogen-bond acceptors (Lipinski definition) is 5. The molecular formula is C29H35N3O5. The average molecular weight is 506 g/mol. The standard InChI is InChI=1S/C29H35N3O5/c1-18-10-9-13-23(19(18)2)25(26(34)30-22-15-14-20-11-7-8-12-21(20)16-22)32(6)27(35)24(17-33)31-28(36)37-29(3,4)5/h7-16,24-25,33H,17H2,1-6H3,(H,30,34)(H,31,36). The van der Waals surface area contributed by atoms with Gasteiger partial charge in [-0.2, -0.15) is 0 Å². The Morgan fingerprint density at radius 3 is 2.30 bits per heavy atom. The highest BCUT2D eigenvalue weighted by Crippen LogP contribution is 2.28. The Balaban J connectivity index is 1.93. The van der Waals surface area contributed by atoms with Crippen molar-refractivity contribution in [1.82, 2.24) is 10.2 Å². The molecule has 0 saturated heterocycles. The molecule has 3 rings (SSSR count). The van der Waals surface area contributed by atoms with Crippen LogP contribution in [-0.2, 0) is 14.3 Å². The quantitative estimate of drug-likeness (QED) is 0.439. The van der Waals surface area contributed by atoms with Gasteiger partial charge in [-0.15, -0.1) is 0 Å². The molecule has 0 radical (unpaired) electrons. The number of aliphatic hydroxyl groups is 1. The number of ether oxygens (including phenoxy) is 1. The van der Waals surface area contributed by atoms with Gasteiger partial charge in [0.15, 0.2) is 0 Å². The van der Waals surface area contributed by atoms with Crippen LogP contribution in [0.2, 0.25) is 0 Å². The zero-order valence-corrected chi connectivity index (χ0v) is 22.2. The second kappa shape index (κ2) is 11.4. The molecule has 0 aliphatic rings. The fourth-order valence-electron chi connectivity index (χ4n) is 4.08. The normalized spacial score (nSPS) is 12.9. The van der Waals surface area contributed by atoms with Crippen LogP contribution in [-0.4, -0.2) is 53.2 Å². The summed E-state index contributed by atoms with van der Waals surface area (Å²) in [7, 11) is 1.48. The highest BCUT2D eigenvalue weighted by Gasteiger charge is 2.34. The molecule has 8 heteroatoms. The van der Waals surface area contributed by atoms with Crippen LogP contribution in [0.3, 0.4) is 0 Å². The van der Waals surface area contributed by atoms with E-state index in [4.69, 9.17) is 4.74 Å². The van der Waals surface area contributed by atoms with E-state index in [-0.39, 0.29) is 0 Å². The summed E-state index contributed by atoms with van der Waals surface area (Å²) >= 11 is 0. The molecule has 3 N–H and O–H groups in total. The predicted molar refractivity (Wildman–Crippen MR) is 144 cm³/mol. The van der Waals surface area contributed by atoms with Crippen LogP contribution < -0.4 is 10.6 Å². The van der Waals surface area contributed by atoms with Crippen LogP contribution in [0.5, 0.6) is 0 Å². The topological polar surface area (TPSA) is 108 Å². The molecule has 3 amide bonds. The van der Waals surface area contributed by atoms with Crippen molar-refractivity contribution in [3.63, 3.8) is 0 Å². The molecule has 2 atom stereocenters. The first-order valence-electron chi connectivity index (χ1n) is 12.1. The fraction of sp³-hybridized carbons (Fsp3) is 0.345.